The molecule has 0 amide bonds. The first-order chi connectivity index (χ1) is 9.74. The molecule has 0 fully saturated rings. The minimum absolute atomic E-state index is 0.150. The Morgan fingerprint density at radius 2 is 1.65 bits per heavy atom. The van der Waals surface area contributed by atoms with Crippen molar-refractivity contribution in [2.75, 3.05) is 0 Å². The molecule has 0 heterocycles. The quantitative estimate of drug-likeness (QED) is 0.757. The van der Waals surface area contributed by atoms with Gasteiger partial charge in [-0.2, -0.15) is 0 Å². The van der Waals surface area contributed by atoms with Crippen molar-refractivity contribution in [3.63, 3.8) is 0 Å². The van der Waals surface area contributed by atoms with E-state index < -0.39 is 0 Å². The summed E-state index contributed by atoms with van der Waals surface area (Å²) in [4.78, 5) is 1.85. The molecule has 1 nitrogen and oxygen atoms in total. The highest BCUT2D eigenvalue weighted by atomic mass is 32.2. The van der Waals surface area contributed by atoms with Crippen LogP contribution in [-0.2, 0) is 6.61 Å². The number of fused-ring (bicyclic) bond motifs is 1. The molecular formula is C17H13FOS. The number of hydrogen-bond acceptors (Lipinski definition) is 2. The SMILES string of the molecule is OCc1cc(F)cc(Sc2ccc3ccccc3c2)c1. The predicted octanol–water partition coefficient (Wildman–Crippen LogP) is 4.62. The normalized spacial score (nSPS) is 10.9. The second-order valence-corrected chi connectivity index (χ2v) is 5.71. The lowest BCUT2D eigenvalue weighted by atomic mass is 10.1. The largest absolute Gasteiger partial charge is 0.392 e. The second-order valence-electron chi connectivity index (χ2n) is 4.56. The summed E-state index contributed by atoms with van der Waals surface area (Å²) in [5.74, 6) is -0.320. The zero-order chi connectivity index (χ0) is 13.9. The Hall–Kier alpha value is -1.84. The maximum atomic E-state index is 13.4. The standard InChI is InChI=1S/C17H13FOS/c18-15-7-12(11-19)8-17(10-15)20-16-6-5-13-3-1-2-4-14(13)9-16/h1-10,19H,11H2. The van der Waals surface area contributed by atoms with Gasteiger partial charge in [0.25, 0.3) is 0 Å². The first-order valence-electron chi connectivity index (χ1n) is 6.31. The molecule has 0 aliphatic carbocycles. The number of hydrogen-bond donors (Lipinski definition) is 1. The van der Waals surface area contributed by atoms with E-state index in [1.54, 1.807) is 0 Å². The average molecular weight is 284 g/mol. The molecule has 3 rings (SSSR count). The van der Waals surface area contributed by atoms with E-state index in [4.69, 9.17) is 5.11 Å². The van der Waals surface area contributed by atoms with Crippen molar-refractivity contribution in [2.45, 2.75) is 16.4 Å². The number of rotatable bonds is 3. The second kappa shape index (κ2) is 5.65. The maximum Gasteiger partial charge on any atom is 0.124 e. The van der Waals surface area contributed by atoms with Gasteiger partial charge < -0.3 is 5.11 Å². The minimum atomic E-state index is -0.320. The van der Waals surface area contributed by atoms with Crippen LogP contribution in [0.25, 0.3) is 10.8 Å². The minimum Gasteiger partial charge on any atom is -0.392 e. The number of aliphatic hydroxyl groups excluding tert-OH is 1. The number of halogens is 1. The molecule has 100 valence electrons. The third kappa shape index (κ3) is 2.84. The van der Waals surface area contributed by atoms with Crippen LogP contribution in [-0.4, -0.2) is 5.11 Å². The highest BCUT2D eigenvalue weighted by Gasteiger charge is 2.03. The van der Waals surface area contributed by atoms with Gasteiger partial charge in [-0.1, -0.05) is 42.1 Å². The fraction of sp³-hybridized carbons (Fsp3) is 0.0588. The summed E-state index contributed by atoms with van der Waals surface area (Å²) in [5.41, 5.74) is 0.591. The molecule has 3 aromatic carbocycles. The summed E-state index contributed by atoms with van der Waals surface area (Å²) >= 11 is 1.50. The zero-order valence-electron chi connectivity index (χ0n) is 10.7. The lowest BCUT2D eigenvalue weighted by Gasteiger charge is -2.06. The van der Waals surface area contributed by atoms with Crippen molar-refractivity contribution in [3.05, 3.63) is 72.0 Å². The molecule has 3 aromatic rings. The van der Waals surface area contributed by atoms with Crippen molar-refractivity contribution >= 4 is 22.5 Å². The monoisotopic (exact) mass is 284 g/mol. The maximum absolute atomic E-state index is 13.4. The first kappa shape index (κ1) is 13.2. The van der Waals surface area contributed by atoms with E-state index in [1.807, 2.05) is 24.3 Å². The predicted molar refractivity (Wildman–Crippen MR) is 80.4 cm³/mol. The Morgan fingerprint density at radius 3 is 2.45 bits per heavy atom. The summed E-state index contributed by atoms with van der Waals surface area (Å²) in [6.45, 7) is -0.150. The van der Waals surface area contributed by atoms with Gasteiger partial charge in [-0.3, -0.25) is 0 Å². The molecule has 0 spiro atoms. The van der Waals surface area contributed by atoms with Gasteiger partial charge >= 0.3 is 0 Å². The Labute approximate surface area is 121 Å². The Balaban J connectivity index is 1.94. The molecule has 0 radical (unpaired) electrons. The van der Waals surface area contributed by atoms with Crippen molar-refractivity contribution < 1.29 is 9.50 Å². The van der Waals surface area contributed by atoms with Gasteiger partial charge in [-0.15, -0.1) is 0 Å². The van der Waals surface area contributed by atoms with Gasteiger partial charge in [0.2, 0.25) is 0 Å². The summed E-state index contributed by atoms with van der Waals surface area (Å²) < 4.78 is 13.4. The van der Waals surface area contributed by atoms with Crippen LogP contribution in [0.2, 0.25) is 0 Å². The van der Waals surface area contributed by atoms with Gasteiger partial charge in [0.15, 0.2) is 0 Å². The fourth-order valence-corrected chi connectivity index (χ4v) is 3.11. The third-order valence-corrected chi connectivity index (χ3v) is 4.03. The molecule has 0 saturated heterocycles. The molecule has 0 aromatic heterocycles. The van der Waals surface area contributed by atoms with E-state index in [0.717, 1.165) is 15.2 Å². The van der Waals surface area contributed by atoms with Crippen LogP contribution in [0, 0.1) is 5.82 Å². The van der Waals surface area contributed by atoms with E-state index in [0.29, 0.717) is 5.56 Å². The van der Waals surface area contributed by atoms with E-state index >= 15 is 0 Å². The van der Waals surface area contributed by atoms with Crippen LogP contribution >= 0.6 is 11.8 Å². The van der Waals surface area contributed by atoms with Crippen LogP contribution in [0.4, 0.5) is 4.39 Å². The van der Waals surface area contributed by atoms with Gasteiger partial charge in [0, 0.05) is 9.79 Å². The molecule has 20 heavy (non-hydrogen) atoms. The summed E-state index contributed by atoms with van der Waals surface area (Å²) in [5, 5.41) is 11.5. The Bertz CT molecular complexity index is 755. The average Bonchev–Trinajstić information content (AvgIpc) is 2.46. The van der Waals surface area contributed by atoms with Crippen LogP contribution in [0.3, 0.4) is 0 Å². The van der Waals surface area contributed by atoms with Gasteiger partial charge in [-0.25, -0.2) is 4.39 Å². The smallest absolute Gasteiger partial charge is 0.124 e. The molecular weight excluding hydrogens is 271 g/mol. The fourth-order valence-electron chi connectivity index (χ4n) is 2.14. The lowest BCUT2D eigenvalue weighted by Crippen LogP contribution is -1.86. The summed E-state index contributed by atoms with van der Waals surface area (Å²) in [6.07, 6.45) is 0. The lowest BCUT2D eigenvalue weighted by molar-refractivity contribution is 0.281. The Morgan fingerprint density at radius 1 is 0.850 bits per heavy atom. The van der Waals surface area contributed by atoms with Crippen molar-refractivity contribution in [2.24, 2.45) is 0 Å². The van der Waals surface area contributed by atoms with E-state index in [-0.39, 0.29) is 12.4 Å². The van der Waals surface area contributed by atoms with Crippen molar-refractivity contribution in [1.82, 2.24) is 0 Å². The van der Waals surface area contributed by atoms with E-state index in [1.165, 1.54) is 29.3 Å². The number of aliphatic hydroxyl groups is 1. The molecule has 0 saturated carbocycles. The molecule has 0 bridgehead atoms. The van der Waals surface area contributed by atoms with Gasteiger partial charge in [-0.05, 0) is 46.7 Å². The van der Waals surface area contributed by atoms with Crippen LogP contribution < -0.4 is 0 Å². The molecule has 0 aliphatic rings. The molecule has 3 heteroatoms. The number of benzene rings is 3. The van der Waals surface area contributed by atoms with E-state index in [9.17, 15) is 4.39 Å². The molecule has 1 N–H and O–H groups in total. The Kier molecular flexibility index (Phi) is 3.72. The van der Waals surface area contributed by atoms with Crippen LogP contribution in [0.1, 0.15) is 5.56 Å². The summed E-state index contributed by atoms with van der Waals surface area (Å²) in [6, 6.07) is 19.0. The first-order valence-corrected chi connectivity index (χ1v) is 7.13. The zero-order valence-corrected chi connectivity index (χ0v) is 11.5. The van der Waals surface area contributed by atoms with Crippen LogP contribution in [0.5, 0.6) is 0 Å². The molecule has 0 atom stereocenters. The van der Waals surface area contributed by atoms with Crippen LogP contribution in [0.15, 0.2) is 70.5 Å². The molecule has 0 aliphatic heterocycles. The molecule has 0 unspecified atom stereocenters. The van der Waals surface area contributed by atoms with Crippen molar-refractivity contribution in [1.29, 1.82) is 0 Å². The highest BCUT2D eigenvalue weighted by molar-refractivity contribution is 7.99. The van der Waals surface area contributed by atoms with Gasteiger partial charge in [0.05, 0.1) is 6.61 Å². The topological polar surface area (TPSA) is 20.2 Å². The summed E-state index contributed by atoms with van der Waals surface area (Å²) in [7, 11) is 0. The van der Waals surface area contributed by atoms with Crippen molar-refractivity contribution in [3.8, 4) is 0 Å². The third-order valence-electron chi connectivity index (χ3n) is 3.07. The van der Waals surface area contributed by atoms with Gasteiger partial charge in [0.1, 0.15) is 5.82 Å². The highest BCUT2D eigenvalue weighted by Crippen LogP contribution is 2.31. The van der Waals surface area contributed by atoms with E-state index in [2.05, 4.69) is 24.3 Å².